The Morgan fingerprint density at radius 3 is 2.71 bits per heavy atom. The van der Waals surface area contributed by atoms with E-state index in [2.05, 4.69) is 29.9 Å². The molecule has 0 saturated heterocycles. The van der Waals surface area contributed by atoms with Gasteiger partial charge in [0.2, 0.25) is 11.8 Å². The van der Waals surface area contributed by atoms with Gasteiger partial charge >= 0.3 is 0 Å². The highest BCUT2D eigenvalue weighted by Gasteiger charge is 2.32. The Balaban J connectivity index is 1.30. The molecule has 3 aromatic rings. The predicted octanol–water partition coefficient (Wildman–Crippen LogP) is 2.22. The van der Waals surface area contributed by atoms with E-state index in [1.165, 1.54) is 18.7 Å². The number of benzene rings is 1. The highest BCUT2D eigenvalue weighted by molar-refractivity contribution is 5.51. The van der Waals surface area contributed by atoms with Crippen molar-refractivity contribution in [2.45, 2.75) is 38.4 Å². The van der Waals surface area contributed by atoms with E-state index in [1.54, 1.807) is 0 Å². The highest BCUT2D eigenvalue weighted by Crippen LogP contribution is 2.39. The Morgan fingerprint density at radius 1 is 1.00 bits per heavy atom. The van der Waals surface area contributed by atoms with E-state index >= 15 is 0 Å². The molecule has 7 heteroatoms. The van der Waals surface area contributed by atoms with Crippen LogP contribution < -0.4 is 0 Å². The molecule has 1 aliphatic heterocycles. The fraction of sp³-hybridized carbons (Fsp3) is 0.412. The van der Waals surface area contributed by atoms with Crippen LogP contribution in [-0.4, -0.2) is 36.4 Å². The van der Waals surface area contributed by atoms with Crippen LogP contribution in [0, 0.1) is 0 Å². The van der Waals surface area contributed by atoms with Gasteiger partial charge in [0.05, 0.1) is 13.1 Å². The van der Waals surface area contributed by atoms with Gasteiger partial charge in [-0.3, -0.25) is 4.90 Å². The molecule has 7 nitrogen and oxygen atoms in total. The monoisotopic (exact) mass is 322 g/mol. The Labute approximate surface area is 139 Å². The molecule has 1 aliphatic carbocycles. The zero-order valence-corrected chi connectivity index (χ0v) is 13.3. The molecule has 1 fully saturated rings. The van der Waals surface area contributed by atoms with Crippen LogP contribution in [-0.2, 0) is 19.6 Å². The van der Waals surface area contributed by atoms with Gasteiger partial charge in [-0.15, -0.1) is 20.4 Å². The summed E-state index contributed by atoms with van der Waals surface area (Å²) in [5, 5.41) is 17.1. The standard InChI is InChI=1S/C17H18N6O/c1-2-4-13(5-3-1)17-21-19-15(24-17)11-22-8-9-23-14(10-22)18-20-16(23)12-6-7-12/h1-5,12H,6-11H2. The van der Waals surface area contributed by atoms with Gasteiger partial charge in [-0.05, 0) is 25.0 Å². The van der Waals surface area contributed by atoms with Crippen molar-refractivity contribution in [1.29, 1.82) is 0 Å². The minimum Gasteiger partial charge on any atom is -0.419 e. The zero-order valence-electron chi connectivity index (χ0n) is 13.3. The van der Waals surface area contributed by atoms with E-state index in [0.717, 1.165) is 31.0 Å². The van der Waals surface area contributed by atoms with E-state index in [4.69, 9.17) is 4.42 Å². The average Bonchev–Trinajstić information content (AvgIpc) is 3.21. The normalized spacial score (nSPS) is 17.8. The summed E-state index contributed by atoms with van der Waals surface area (Å²) in [6.45, 7) is 3.32. The summed E-state index contributed by atoms with van der Waals surface area (Å²) < 4.78 is 8.10. The summed E-state index contributed by atoms with van der Waals surface area (Å²) in [4.78, 5) is 2.28. The fourth-order valence-electron chi connectivity index (χ4n) is 3.21. The van der Waals surface area contributed by atoms with E-state index in [0.29, 0.717) is 24.2 Å². The molecule has 3 heterocycles. The molecule has 0 unspecified atom stereocenters. The quantitative estimate of drug-likeness (QED) is 0.733. The minimum absolute atomic E-state index is 0.571. The molecule has 0 atom stereocenters. The maximum absolute atomic E-state index is 5.81. The Kier molecular flexibility index (Phi) is 3.19. The molecule has 5 rings (SSSR count). The molecule has 24 heavy (non-hydrogen) atoms. The SMILES string of the molecule is c1ccc(-c2nnc(CN3CCn4c(nnc4C4CC4)C3)o2)cc1. The second-order valence-corrected chi connectivity index (χ2v) is 6.48. The number of fused-ring (bicyclic) bond motifs is 1. The molecule has 2 aliphatic rings. The lowest BCUT2D eigenvalue weighted by molar-refractivity contribution is 0.189. The summed E-state index contributed by atoms with van der Waals surface area (Å²) in [5.41, 5.74) is 0.948. The lowest BCUT2D eigenvalue weighted by Crippen LogP contribution is -2.34. The third kappa shape index (κ3) is 2.50. The summed E-state index contributed by atoms with van der Waals surface area (Å²) in [6, 6.07) is 9.85. The number of rotatable bonds is 4. The topological polar surface area (TPSA) is 72.9 Å². The maximum atomic E-state index is 5.81. The van der Waals surface area contributed by atoms with Crippen LogP contribution >= 0.6 is 0 Å². The molecule has 0 bridgehead atoms. The zero-order chi connectivity index (χ0) is 15.9. The first kappa shape index (κ1) is 13.9. The van der Waals surface area contributed by atoms with Crippen LogP contribution in [0.2, 0.25) is 0 Å². The summed E-state index contributed by atoms with van der Waals surface area (Å²) in [7, 11) is 0. The van der Waals surface area contributed by atoms with Crippen LogP contribution in [0.5, 0.6) is 0 Å². The first-order valence-electron chi connectivity index (χ1n) is 8.39. The maximum Gasteiger partial charge on any atom is 0.247 e. The first-order chi connectivity index (χ1) is 11.9. The highest BCUT2D eigenvalue weighted by atomic mass is 16.4. The van der Waals surface area contributed by atoms with Crippen LogP contribution in [0.15, 0.2) is 34.7 Å². The smallest absolute Gasteiger partial charge is 0.247 e. The molecular weight excluding hydrogens is 304 g/mol. The molecular formula is C17H18N6O. The Bertz CT molecular complexity index is 851. The second-order valence-electron chi connectivity index (χ2n) is 6.48. The van der Waals surface area contributed by atoms with Crippen molar-refractivity contribution in [3.8, 4) is 11.5 Å². The number of hydrogen-bond acceptors (Lipinski definition) is 6. The summed E-state index contributed by atoms with van der Waals surface area (Å²) >= 11 is 0. The van der Waals surface area contributed by atoms with Crippen molar-refractivity contribution >= 4 is 0 Å². The Hall–Kier alpha value is -2.54. The second kappa shape index (κ2) is 5.52. The molecule has 1 saturated carbocycles. The lowest BCUT2D eigenvalue weighted by Gasteiger charge is -2.26. The molecule has 0 radical (unpaired) electrons. The molecule has 122 valence electrons. The van der Waals surface area contributed by atoms with Crippen LogP contribution in [0.4, 0.5) is 0 Å². The average molecular weight is 322 g/mol. The number of hydrogen-bond donors (Lipinski definition) is 0. The van der Waals surface area contributed by atoms with E-state index < -0.39 is 0 Å². The molecule has 0 N–H and O–H groups in total. The van der Waals surface area contributed by atoms with Gasteiger partial charge in [0.15, 0.2) is 0 Å². The fourth-order valence-corrected chi connectivity index (χ4v) is 3.21. The van der Waals surface area contributed by atoms with E-state index in [-0.39, 0.29) is 0 Å². The first-order valence-corrected chi connectivity index (χ1v) is 8.39. The van der Waals surface area contributed by atoms with Crippen LogP contribution in [0.3, 0.4) is 0 Å². The molecule has 2 aromatic heterocycles. The third-order valence-electron chi connectivity index (χ3n) is 4.65. The van der Waals surface area contributed by atoms with Crippen molar-refractivity contribution in [3.63, 3.8) is 0 Å². The third-order valence-corrected chi connectivity index (χ3v) is 4.65. The van der Waals surface area contributed by atoms with Crippen LogP contribution in [0.1, 0.15) is 36.3 Å². The molecule has 0 spiro atoms. The molecule has 1 aromatic carbocycles. The van der Waals surface area contributed by atoms with Gasteiger partial charge in [-0.1, -0.05) is 18.2 Å². The van der Waals surface area contributed by atoms with Crippen LogP contribution in [0.25, 0.3) is 11.5 Å². The summed E-state index contributed by atoms with van der Waals surface area (Å²) in [5.74, 6) is 4.08. The van der Waals surface area contributed by atoms with E-state index in [1.807, 2.05) is 30.3 Å². The number of aromatic nitrogens is 5. The van der Waals surface area contributed by atoms with Gasteiger partial charge in [0, 0.05) is 24.6 Å². The van der Waals surface area contributed by atoms with E-state index in [9.17, 15) is 0 Å². The van der Waals surface area contributed by atoms with Crippen molar-refractivity contribution in [1.82, 2.24) is 29.9 Å². The van der Waals surface area contributed by atoms with Gasteiger partial charge in [0.25, 0.3) is 0 Å². The van der Waals surface area contributed by atoms with Crippen molar-refractivity contribution in [2.24, 2.45) is 0 Å². The van der Waals surface area contributed by atoms with Crippen molar-refractivity contribution in [2.75, 3.05) is 6.54 Å². The van der Waals surface area contributed by atoms with Gasteiger partial charge < -0.3 is 8.98 Å². The van der Waals surface area contributed by atoms with Gasteiger partial charge in [0.1, 0.15) is 11.6 Å². The van der Waals surface area contributed by atoms with Gasteiger partial charge in [-0.25, -0.2) is 0 Å². The van der Waals surface area contributed by atoms with Crippen molar-refractivity contribution < 1.29 is 4.42 Å². The molecule has 0 amide bonds. The summed E-state index contributed by atoms with van der Waals surface area (Å²) in [6.07, 6.45) is 2.51. The number of nitrogens with zero attached hydrogens (tertiary/aromatic N) is 6. The predicted molar refractivity (Wildman–Crippen MR) is 85.8 cm³/mol. The minimum atomic E-state index is 0.571. The van der Waals surface area contributed by atoms with Gasteiger partial charge in [-0.2, -0.15) is 0 Å². The largest absolute Gasteiger partial charge is 0.419 e. The van der Waals surface area contributed by atoms with Crippen molar-refractivity contribution in [3.05, 3.63) is 47.9 Å². The lowest BCUT2D eigenvalue weighted by atomic mass is 10.2. The Morgan fingerprint density at radius 2 is 1.88 bits per heavy atom.